The monoisotopic (exact) mass is 264 g/mol. The SMILES string of the molecule is Cc1nc(N2CCC3CCCCC3C2)sc1C=O. The zero-order chi connectivity index (χ0) is 12.5. The number of carbonyl (C=O) groups excluding carboxylic acids is 1. The number of aldehydes is 1. The van der Waals surface area contributed by atoms with Crippen LogP contribution in [0, 0.1) is 18.8 Å². The van der Waals surface area contributed by atoms with E-state index in [0.29, 0.717) is 0 Å². The molecule has 1 saturated heterocycles. The molecule has 0 bridgehead atoms. The van der Waals surface area contributed by atoms with Gasteiger partial charge in [-0.15, -0.1) is 0 Å². The van der Waals surface area contributed by atoms with Crippen molar-refractivity contribution in [1.82, 2.24) is 4.98 Å². The molecule has 1 aromatic heterocycles. The lowest BCUT2D eigenvalue weighted by Crippen LogP contribution is -2.41. The van der Waals surface area contributed by atoms with Gasteiger partial charge in [0.15, 0.2) is 11.4 Å². The van der Waals surface area contributed by atoms with E-state index in [-0.39, 0.29) is 0 Å². The van der Waals surface area contributed by atoms with Crippen LogP contribution in [-0.4, -0.2) is 24.4 Å². The summed E-state index contributed by atoms with van der Waals surface area (Å²) in [6.45, 7) is 4.19. The normalized spacial score (nSPS) is 27.9. The number of piperidine rings is 1. The van der Waals surface area contributed by atoms with Crippen molar-refractivity contribution in [2.75, 3.05) is 18.0 Å². The number of thiazole rings is 1. The minimum atomic E-state index is 0.788. The molecular formula is C14H20N2OS. The standard InChI is InChI=1S/C14H20N2OS/c1-10-13(9-17)18-14(15-10)16-7-6-11-4-2-3-5-12(11)8-16/h9,11-12H,2-8H2,1H3. The summed E-state index contributed by atoms with van der Waals surface area (Å²) < 4.78 is 0. The van der Waals surface area contributed by atoms with Crippen molar-refractivity contribution in [3.8, 4) is 0 Å². The average molecular weight is 264 g/mol. The number of hydrogen-bond donors (Lipinski definition) is 0. The molecule has 0 spiro atoms. The fourth-order valence-electron chi connectivity index (χ4n) is 3.41. The summed E-state index contributed by atoms with van der Waals surface area (Å²) in [4.78, 5) is 18.6. The molecule has 0 amide bonds. The molecule has 98 valence electrons. The largest absolute Gasteiger partial charge is 0.348 e. The Kier molecular flexibility index (Phi) is 3.37. The highest BCUT2D eigenvalue weighted by molar-refractivity contribution is 7.17. The maximum absolute atomic E-state index is 10.9. The fraction of sp³-hybridized carbons (Fsp3) is 0.714. The summed E-state index contributed by atoms with van der Waals surface area (Å²) in [6, 6.07) is 0. The van der Waals surface area contributed by atoms with Gasteiger partial charge in [-0.25, -0.2) is 4.98 Å². The van der Waals surface area contributed by atoms with Crippen LogP contribution in [0.3, 0.4) is 0 Å². The molecule has 2 unspecified atom stereocenters. The molecule has 3 nitrogen and oxygen atoms in total. The number of anilines is 1. The van der Waals surface area contributed by atoms with Crippen molar-refractivity contribution < 1.29 is 4.79 Å². The summed E-state index contributed by atoms with van der Waals surface area (Å²) in [5, 5.41) is 1.05. The average Bonchev–Trinajstić information content (AvgIpc) is 2.79. The Morgan fingerprint density at radius 3 is 2.78 bits per heavy atom. The molecule has 4 heteroatoms. The molecule has 1 aliphatic carbocycles. The van der Waals surface area contributed by atoms with E-state index in [1.807, 2.05) is 6.92 Å². The molecule has 2 atom stereocenters. The van der Waals surface area contributed by atoms with E-state index in [4.69, 9.17) is 0 Å². The first-order chi connectivity index (χ1) is 8.78. The van der Waals surface area contributed by atoms with Crippen molar-refractivity contribution in [2.24, 2.45) is 11.8 Å². The van der Waals surface area contributed by atoms with Gasteiger partial charge in [0.25, 0.3) is 0 Å². The van der Waals surface area contributed by atoms with Crippen LogP contribution < -0.4 is 4.90 Å². The fourth-order valence-corrected chi connectivity index (χ4v) is 4.33. The number of carbonyl (C=O) groups is 1. The predicted octanol–water partition coefficient (Wildman–Crippen LogP) is 3.28. The first-order valence-electron chi connectivity index (χ1n) is 6.95. The number of fused-ring (bicyclic) bond motifs is 1. The van der Waals surface area contributed by atoms with Gasteiger partial charge in [0.2, 0.25) is 0 Å². The molecule has 0 aromatic carbocycles. The van der Waals surface area contributed by atoms with Gasteiger partial charge in [0.1, 0.15) is 0 Å². The van der Waals surface area contributed by atoms with Crippen LogP contribution in [0.5, 0.6) is 0 Å². The minimum absolute atomic E-state index is 0.788. The van der Waals surface area contributed by atoms with Gasteiger partial charge in [0, 0.05) is 13.1 Å². The van der Waals surface area contributed by atoms with Crippen LogP contribution in [0.2, 0.25) is 0 Å². The van der Waals surface area contributed by atoms with Gasteiger partial charge in [-0.1, -0.05) is 30.6 Å². The van der Waals surface area contributed by atoms with Crippen molar-refractivity contribution >= 4 is 22.8 Å². The number of aryl methyl sites for hydroxylation is 1. The number of aromatic nitrogens is 1. The predicted molar refractivity (Wildman–Crippen MR) is 74.5 cm³/mol. The molecule has 18 heavy (non-hydrogen) atoms. The van der Waals surface area contributed by atoms with Gasteiger partial charge in [-0.2, -0.15) is 0 Å². The quantitative estimate of drug-likeness (QED) is 0.769. The Balaban J connectivity index is 1.74. The summed E-state index contributed by atoms with van der Waals surface area (Å²) in [5.74, 6) is 1.80. The van der Waals surface area contributed by atoms with Gasteiger partial charge in [0.05, 0.1) is 10.6 Å². The first-order valence-corrected chi connectivity index (χ1v) is 7.77. The first kappa shape index (κ1) is 12.2. The van der Waals surface area contributed by atoms with E-state index >= 15 is 0 Å². The Labute approximate surface area is 112 Å². The van der Waals surface area contributed by atoms with Crippen LogP contribution in [0.25, 0.3) is 0 Å². The summed E-state index contributed by atoms with van der Waals surface area (Å²) in [6.07, 6.45) is 7.86. The van der Waals surface area contributed by atoms with Gasteiger partial charge < -0.3 is 4.90 Å². The van der Waals surface area contributed by atoms with Crippen molar-refractivity contribution in [3.63, 3.8) is 0 Å². The number of hydrogen-bond acceptors (Lipinski definition) is 4. The molecule has 2 fully saturated rings. The highest BCUT2D eigenvalue weighted by Gasteiger charge is 2.32. The topological polar surface area (TPSA) is 33.2 Å². The molecule has 2 heterocycles. The number of nitrogens with zero attached hydrogens (tertiary/aromatic N) is 2. The van der Waals surface area contributed by atoms with Crippen molar-refractivity contribution in [1.29, 1.82) is 0 Å². The van der Waals surface area contributed by atoms with E-state index in [2.05, 4.69) is 9.88 Å². The van der Waals surface area contributed by atoms with Gasteiger partial charge in [-0.3, -0.25) is 4.79 Å². The third-order valence-electron chi connectivity index (χ3n) is 4.49. The third kappa shape index (κ3) is 2.18. The smallest absolute Gasteiger partial charge is 0.186 e. The molecule has 1 aliphatic heterocycles. The van der Waals surface area contributed by atoms with Crippen LogP contribution >= 0.6 is 11.3 Å². The van der Waals surface area contributed by atoms with Crippen LogP contribution in [0.1, 0.15) is 47.5 Å². The molecular weight excluding hydrogens is 244 g/mol. The third-order valence-corrected chi connectivity index (χ3v) is 5.63. The Bertz CT molecular complexity index is 443. The molecule has 2 aliphatic rings. The maximum Gasteiger partial charge on any atom is 0.186 e. The molecule has 0 N–H and O–H groups in total. The zero-order valence-corrected chi connectivity index (χ0v) is 11.7. The molecule has 1 aromatic rings. The van der Waals surface area contributed by atoms with Crippen molar-refractivity contribution in [2.45, 2.75) is 39.0 Å². The van der Waals surface area contributed by atoms with Crippen LogP contribution in [-0.2, 0) is 0 Å². The molecule has 0 radical (unpaired) electrons. The van der Waals surface area contributed by atoms with E-state index < -0.39 is 0 Å². The summed E-state index contributed by atoms with van der Waals surface area (Å²) in [5.41, 5.74) is 0.885. The minimum Gasteiger partial charge on any atom is -0.348 e. The van der Waals surface area contributed by atoms with E-state index in [1.54, 1.807) is 11.3 Å². The lowest BCUT2D eigenvalue weighted by atomic mass is 9.75. The Hall–Kier alpha value is -0.900. The van der Waals surface area contributed by atoms with Gasteiger partial charge >= 0.3 is 0 Å². The Morgan fingerprint density at radius 1 is 1.28 bits per heavy atom. The second-order valence-electron chi connectivity index (χ2n) is 5.60. The second kappa shape index (κ2) is 5.00. The molecule has 1 saturated carbocycles. The Morgan fingerprint density at radius 2 is 2.06 bits per heavy atom. The van der Waals surface area contributed by atoms with Crippen molar-refractivity contribution in [3.05, 3.63) is 10.6 Å². The van der Waals surface area contributed by atoms with Gasteiger partial charge in [-0.05, 0) is 31.6 Å². The summed E-state index contributed by atoms with van der Waals surface area (Å²) in [7, 11) is 0. The second-order valence-corrected chi connectivity index (χ2v) is 6.61. The van der Waals surface area contributed by atoms with E-state index in [1.165, 1.54) is 32.1 Å². The zero-order valence-electron chi connectivity index (χ0n) is 10.9. The summed E-state index contributed by atoms with van der Waals surface area (Å²) >= 11 is 1.55. The van der Waals surface area contributed by atoms with Crippen LogP contribution in [0.15, 0.2) is 0 Å². The molecule has 3 rings (SSSR count). The lowest BCUT2D eigenvalue weighted by molar-refractivity contribution is 0.112. The highest BCUT2D eigenvalue weighted by atomic mass is 32.1. The lowest BCUT2D eigenvalue weighted by Gasteiger charge is -2.41. The maximum atomic E-state index is 10.9. The highest BCUT2D eigenvalue weighted by Crippen LogP contribution is 2.38. The van der Waals surface area contributed by atoms with E-state index in [9.17, 15) is 4.79 Å². The van der Waals surface area contributed by atoms with E-state index in [0.717, 1.165) is 46.9 Å². The van der Waals surface area contributed by atoms with Crippen LogP contribution in [0.4, 0.5) is 5.13 Å². The number of rotatable bonds is 2.